The Morgan fingerprint density at radius 1 is 0.949 bits per heavy atom. The first-order chi connectivity index (χ1) is 18.2. The summed E-state index contributed by atoms with van der Waals surface area (Å²) in [5.41, 5.74) is -0.451. The lowest BCUT2D eigenvalue weighted by Gasteiger charge is -2.33. The van der Waals surface area contributed by atoms with E-state index in [0.29, 0.717) is 0 Å². The van der Waals surface area contributed by atoms with Crippen LogP contribution in [0.15, 0.2) is 77.7 Å². The first kappa shape index (κ1) is 30.4. The molecule has 7 nitrogen and oxygen atoms in total. The molecule has 0 heterocycles. The molecule has 0 spiro atoms. The number of amides is 2. The number of halogens is 3. The standard InChI is InChI=1S/C28H30Cl2FN3O4S/c1-19(27(36)32-28(2,3)4)33(17-20-11-8-9-15-23(20)31)25(35)18-34(24-16-10-14-22(29)26(24)30)39(37,38)21-12-6-5-7-13-21/h5-16,19H,17-18H2,1-4H3,(H,32,36)/t19-/m1/s1. The van der Waals surface area contributed by atoms with Crippen molar-refractivity contribution in [2.45, 2.75) is 50.7 Å². The highest BCUT2D eigenvalue weighted by Crippen LogP contribution is 2.35. The maximum Gasteiger partial charge on any atom is 0.264 e. The number of carbonyl (C=O) groups is 2. The number of nitrogens with zero attached hydrogens (tertiary/aromatic N) is 2. The van der Waals surface area contributed by atoms with Gasteiger partial charge in [-0.2, -0.15) is 0 Å². The zero-order chi connectivity index (χ0) is 29.0. The van der Waals surface area contributed by atoms with Crippen LogP contribution < -0.4 is 9.62 Å². The fourth-order valence-electron chi connectivity index (χ4n) is 3.78. The quantitative estimate of drug-likeness (QED) is 0.347. The lowest BCUT2D eigenvalue weighted by molar-refractivity contribution is -0.140. The predicted molar refractivity (Wildman–Crippen MR) is 152 cm³/mol. The van der Waals surface area contributed by atoms with Gasteiger partial charge in [0.1, 0.15) is 18.4 Å². The van der Waals surface area contributed by atoms with Gasteiger partial charge >= 0.3 is 0 Å². The third-order valence-corrected chi connectivity index (χ3v) is 8.36. The Hall–Kier alpha value is -3.14. The number of carbonyl (C=O) groups excluding carboxylic acids is 2. The SMILES string of the molecule is C[C@H](C(=O)NC(C)(C)C)N(Cc1ccccc1F)C(=O)CN(c1cccc(Cl)c1Cl)S(=O)(=O)c1ccccc1. The second-order valence-electron chi connectivity index (χ2n) is 9.93. The van der Waals surface area contributed by atoms with E-state index in [-0.39, 0.29) is 32.7 Å². The first-order valence-electron chi connectivity index (χ1n) is 12.1. The van der Waals surface area contributed by atoms with Crippen LogP contribution in [0.3, 0.4) is 0 Å². The second-order valence-corrected chi connectivity index (χ2v) is 12.6. The lowest BCUT2D eigenvalue weighted by Crippen LogP contribution is -2.54. The van der Waals surface area contributed by atoms with Gasteiger partial charge < -0.3 is 10.2 Å². The van der Waals surface area contributed by atoms with Gasteiger partial charge in [-0.15, -0.1) is 0 Å². The van der Waals surface area contributed by atoms with Crippen LogP contribution in [0.25, 0.3) is 0 Å². The third-order valence-electron chi connectivity index (χ3n) is 5.77. The van der Waals surface area contributed by atoms with Crippen molar-refractivity contribution < 1.29 is 22.4 Å². The van der Waals surface area contributed by atoms with Crippen molar-refractivity contribution in [1.29, 1.82) is 0 Å². The van der Waals surface area contributed by atoms with Gasteiger partial charge in [0.25, 0.3) is 10.0 Å². The maximum absolute atomic E-state index is 14.6. The number of hydrogen-bond acceptors (Lipinski definition) is 4. The Balaban J connectivity index is 2.08. The molecule has 0 saturated heterocycles. The average Bonchev–Trinajstić information content (AvgIpc) is 2.87. The monoisotopic (exact) mass is 593 g/mol. The average molecular weight is 595 g/mol. The molecule has 11 heteroatoms. The molecule has 0 aliphatic heterocycles. The molecule has 0 unspecified atom stereocenters. The number of sulfonamides is 1. The fraction of sp³-hybridized carbons (Fsp3) is 0.286. The largest absolute Gasteiger partial charge is 0.350 e. The molecule has 0 aliphatic carbocycles. The molecule has 208 valence electrons. The van der Waals surface area contributed by atoms with Crippen molar-refractivity contribution in [1.82, 2.24) is 10.2 Å². The summed E-state index contributed by atoms with van der Waals surface area (Å²) in [6.07, 6.45) is 0. The van der Waals surface area contributed by atoms with E-state index in [9.17, 15) is 22.4 Å². The molecule has 0 bridgehead atoms. The van der Waals surface area contributed by atoms with E-state index < -0.39 is 45.8 Å². The molecule has 0 aromatic heterocycles. The van der Waals surface area contributed by atoms with Crippen molar-refractivity contribution >= 4 is 50.7 Å². The van der Waals surface area contributed by atoms with Crippen LogP contribution in [0, 0.1) is 5.82 Å². The van der Waals surface area contributed by atoms with E-state index >= 15 is 0 Å². The fourth-order valence-corrected chi connectivity index (χ4v) is 5.68. The van der Waals surface area contributed by atoms with E-state index in [4.69, 9.17) is 23.2 Å². The number of anilines is 1. The molecule has 0 fully saturated rings. The summed E-state index contributed by atoms with van der Waals surface area (Å²) in [5, 5.41) is 2.84. The molecule has 3 rings (SSSR count). The van der Waals surface area contributed by atoms with Crippen LogP contribution in [0.2, 0.25) is 10.0 Å². The Morgan fingerprint density at radius 2 is 1.56 bits per heavy atom. The van der Waals surface area contributed by atoms with E-state index in [2.05, 4.69) is 5.32 Å². The summed E-state index contributed by atoms with van der Waals surface area (Å²) in [6, 6.07) is 16.8. The van der Waals surface area contributed by atoms with Gasteiger partial charge in [0.05, 0.1) is 20.6 Å². The molecule has 39 heavy (non-hydrogen) atoms. The van der Waals surface area contributed by atoms with Gasteiger partial charge in [0, 0.05) is 17.6 Å². The first-order valence-corrected chi connectivity index (χ1v) is 14.3. The number of rotatable bonds is 9. The lowest BCUT2D eigenvalue weighted by atomic mass is 10.1. The Morgan fingerprint density at radius 3 is 2.18 bits per heavy atom. The highest BCUT2D eigenvalue weighted by atomic mass is 35.5. The van der Waals surface area contributed by atoms with Crippen LogP contribution in [-0.4, -0.2) is 43.3 Å². The molecule has 3 aromatic carbocycles. The van der Waals surface area contributed by atoms with Crippen molar-refractivity contribution in [3.63, 3.8) is 0 Å². The van der Waals surface area contributed by atoms with Crippen LogP contribution in [-0.2, 0) is 26.2 Å². The molecule has 1 N–H and O–H groups in total. The second kappa shape index (κ2) is 12.4. The summed E-state index contributed by atoms with van der Waals surface area (Å²) >= 11 is 12.6. The maximum atomic E-state index is 14.6. The smallest absolute Gasteiger partial charge is 0.264 e. The minimum Gasteiger partial charge on any atom is -0.350 e. The summed E-state index contributed by atoms with van der Waals surface area (Å²) in [7, 11) is -4.31. The molecular weight excluding hydrogens is 564 g/mol. The zero-order valence-corrected chi connectivity index (χ0v) is 24.3. The van der Waals surface area contributed by atoms with Gasteiger partial charge in [-0.25, -0.2) is 12.8 Å². The van der Waals surface area contributed by atoms with Crippen molar-refractivity contribution in [3.05, 3.63) is 94.2 Å². The minimum absolute atomic E-state index is 0.0148. The van der Waals surface area contributed by atoms with Crippen molar-refractivity contribution in [3.8, 4) is 0 Å². The Bertz CT molecular complexity index is 1450. The molecule has 3 aromatic rings. The molecule has 2 amide bonds. The van der Waals surface area contributed by atoms with Crippen LogP contribution >= 0.6 is 23.2 Å². The van der Waals surface area contributed by atoms with Gasteiger partial charge in [0.2, 0.25) is 11.8 Å². The van der Waals surface area contributed by atoms with Crippen molar-refractivity contribution in [2.75, 3.05) is 10.8 Å². The minimum atomic E-state index is -4.31. The third kappa shape index (κ3) is 7.50. The summed E-state index contributed by atoms with van der Waals surface area (Å²) in [4.78, 5) is 28.0. The molecule has 0 saturated carbocycles. The number of benzene rings is 3. The zero-order valence-electron chi connectivity index (χ0n) is 22.0. The molecule has 1 atom stereocenters. The van der Waals surface area contributed by atoms with Crippen LogP contribution in [0.5, 0.6) is 0 Å². The highest BCUT2D eigenvalue weighted by molar-refractivity contribution is 7.92. The number of nitrogens with one attached hydrogen (secondary N) is 1. The van der Waals surface area contributed by atoms with Gasteiger partial charge in [0.15, 0.2) is 0 Å². The van der Waals surface area contributed by atoms with Gasteiger partial charge in [-0.05, 0) is 58.0 Å². The van der Waals surface area contributed by atoms with E-state index in [0.717, 1.165) is 9.21 Å². The van der Waals surface area contributed by atoms with E-state index in [1.165, 1.54) is 55.5 Å². The number of hydrogen-bond donors (Lipinski definition) is 1. The molecule has 0 radical (unpaired) electrons. The summed E-state index contributed by atoms with van der Waals surface area (Å²) in [6.45, 7) is 5.87. The Kier molecular flexibility index (Phi) is 9.64. The van der Waals surface area contributed by atoms with Gasteiger partial charge in [-0.1, -0.05) is 65.7 Å². The van der Waals surface area contributed by atoms with Gasteiger partial charge in [-0.3, -0.25) is 13.9 Å². The Labute approximate surface area is 238 Å². The predicted octanol–water partition coefficient (Wildman–Crippen LogP) is 5.66. The van der Waals surface area contributed by atoms with Crippen molar-refractivity contribution in [2.24, 2.45) is 0 Å². The normalized spacial score (nSPS) is 12.5. The summed E-state index contributed by atoms with van der Waals surface area (Å²) in [5.74, 6) is -1.79. The van der Waals surface area contributed by atoms with E-state index in [1.807, 2.05) is 0 Å². The van der Waals surface area contributed by atoms with Crippen LogP contribution in [0.4, 0.5) is 10.1 Å². The topological polar surface area (TPSA) is 86.8 Å². The highest BCUT2D eigenvalue weighted by Gasteiger charge is 2.34. The molecular formula is C28H30Cl2FN3O4S. The summed E-state index contributed by atoms with van der Waals surface area (Å²) < 4.78 is 43.0. The van der Waals surface area contributed by atoms with E-state index in [1.54, 1.807) is 45.0 Å². The molecule has 0 aliphatic rings. The van der Waals surface area contributed by atoms with Crippen LogP contribution in [0.1, 0.15) is 33.3 Å².